The fourth-order valence-electron chi connectivity index (χ4n) is 3.03. The lowest BCUT2D eigenvalue weighted by molar-refractivity contribution is 0.383. The summed E-state index contributed by atoms with van der Waals surface area (Å²) in [5.41, 5.74) is 7.22. The van der Waals surface area contributed by atoms with E-state index < -0.39 is 0 Å². The molecule has 1 aliphatic rings. The third-order valence-corrected chi connectivity index (χ3v) is 4.63. The Bertz CT molecular complexity index is 405. The van der Waals surface area contributed by atoms with Crippen LogP contribution in [0.1, 0.15) is 47.1 Å². The van der Waals surface area contributed by atoms with Crippen LogP contribution < -0.4 is 10.6 Å². The quantitative estimate of drug-likeness (QED) is 0.869. The minimum absolute atomic E-state index is 0.667. The molecule has 1 atom stereocenters. The van der Waals surface area contributed by atoms with E-state index in [-0.39, 0.29) is 0 Å². The monoisotopic (exact) mass is 260 g/mol. The number of benzene rings is 1. The van der Waals surface area contributed by atoms with E-state index in [1.807, 2.05) is 0 Å². The molecule has 1 aromatic rings. The van der Waals surface area contributed by atoms with Crippen molar-refractivity contribution in [2.75, 3.05) is 13.1 Å². The number of nitrogens with one attached hydrogen (secondary N) is 2. The van der Waals surface area contributed by atoms with Crippen LogP contribution in [0, 0.1) is 27.7 Å². The molecule has 0 bridgehead atoms. The average Bonchev–Trinajstić information content (AvgIpc) is 2.42. The van der Waals surface area contributed by atoms with Crippen molar-refractivity contribution in [3.8, 4) is 0 Å². The minimum Gasteiger partial charge on any atom is -0.313 e. The molecule has 2 heteroatoms. The van der Waals surface area contributed by atoms with Gasteiger partial charge in [0.25, 0.3) is 0 Å². The van der Waals surface area contributed by atoms with E-state index in [2.05, 4.69) is 44.4 Å². The van der Waals surface area contributed by atoms with Gasteiger partial charge in [0.05, 0.1) is 0 Å². The largest absolute Gasteiger partial charge is 0.313 e. The van der Waals surface area contributed by atoms with Crippen LogP contribution in [-0.2, 0) is 6.54 Å². The number of rotatable bonds is 4. The number of aryl methyl sites for hydroxylation is 2. The van der Waals surface area contributed by atoms with E-state index >= 15 is 0 Å². The number of hydrogen-bond donors (Lipinski definition) is 2. The van der Waals surface area contributed by atoms with Crippen molar-refractivity contribution in [2.24, 2.45) is 0 Å². The first-order valence-electron chi connectivity index (χ1n) is 7.60. The molecule has 0 radical (unpaired) electrons. The van der Waals surface area contributed by atoms with Crippen molar-refractivity contribution in [1.82, 2.24) is 10.6 Å². The lowest BCUT2D eigenvalue weighted by Crippen LogP contribution is -2.41. The van der Waals surface area contributed by atoms with Crippen LogP contribution >= 0.6 is 0 Å². The summed E-state index contributed by atoms with van der Waals surface area (Å²) >= 11 is 0. The van der Waals surface area contributed by atoms with Gasteiger partial charge < -0.3 is 10.6 Å². The normalized spacial score (nSPS) is 19.7. The molecular formula is C17H28N2. The first kappa shape index (κ1) is 14.5. The first-order valence-corrected chi connectivity index (χ1v) is 7.60. The summed E-state index contributed by atoms with van der Waals surface area (Å²) < 4.78 is 0. The molecule has 2 rings (SSSR count). The summed E-state index contributed by atoms with van der Waals surface area (Å²) in [6.07, 6.45) is 4.03. The maximum Gasteiger partial charge on any atom is 0.0211 e. The van der Waals surface area contributed by atoms with Crippen LogP contribution in [0.5, 0.6) is 0 Å². The molecule has 1 fully saturated rings. The van der Waals surface area contributed by atoms with Crippen LogP contribution in [0.3, 0.4) is 0 Å². The molecule has 0 saturated carbocycles. The maximum absolute atomic E-state index is 3.64. The van der Waals surface area contributed by atoms with Crippen molar-refractivity contribution < 1.29 is 0 Å². The number of piperidine rings is 1. The predicted octanol–water partition coefficient (Wildman–Crippen LogP) is 3.15. The Balaban J connectivity index is 1.95. The standard InChI is InChI=1S/C17H28N2/c1-12-9-13(2)15(4)17(14(12)3)11-18-10-16-7-5-6-8-19-16/h9,16,18-19H,5-8,10-11H2,1-4H3. The zero-order chi connectivity index (χ0) is 13.8. The van der Waals surface area contributed by atoms with Crippen molar-refractivity contribution in [1.29, 1.82) is 0 Å². The predicted molar refractivity (Wildman–Crippen MR) is 82.7 cm³/mol. The fourth-order valence-corrected chi connectivity index (χ4v) is 3.03. The zero-order valence-corrected chi connectivity index (χ0v) is 12.9. The first-order chi connectivity index (χ1) is 9.09. The smallest absolute Gasteiger partial charge is 0.0211 e. The van der Waals surface area contributed by atoms with Crippen LogP contribution in [0.15, 0.2) is 6.07 Å². The van der Waals surface area contributed by atoms with E-state index in [0.29, 0.717) is 6.04 Å². The number of hydrogen-bond acceptors (Lipinski definition) is 2. The van der Waals surface area contributed by atoms with Gasteiger partial charge in [-0.3, -0.25) is 0 Å². The Hall–Kier alpha value is -0.860. The highest BCUT2D eigenvalue weighted by molar-refractivity contribution is 5.43. The molecule has 0 amide bonds. The van der Waals surface area contributed by atoms with Gasteiger partial charge in [-0.2, -0.15) is 0 Å². The van der Waals surface area contributed by atoms with E-state index in [4.69, 9.17) is 0 Å². The van der Waals surface area contributed by atoms with Crippen LogP contribution in [0.2, 0.25) is 0 Å². The van der Waals surface area contributed by atoms with Gasteiger partial charge in [-0.25, -0.2) is 0 Å². The van der Waals surface area contributed by atoms with Crippen molar-refractivity contribution in [3.63, 3.8) is 0 Å². The lowest BCUT2D eigenvalue weighted by Gasteiger charge is -2.24. The molecule has 0 aliphatic carbocycles. The summed E-state index contributed by atoms with van der Waals surface area (Å²) in [7, 11) is 0. The third-order valence-electron chi connectivity index (χ3n) is 4.63. The van der Waals surface area contributed by atoms with E-state index in [1.54, 1.807) is 0 Å². The van der Waals surface area contributed by atoms with E-state index in [1.165, 1.54) is 53.6 Å². The zero-order valence-electron chi connectivity index (χ0n) is 12.9. The Labute approximate surface area is 118 Å². The SMILES string of the molecule is Cc1cc(C)c(C)c(CNCC2CCCCN2)c1C. The topological polar surface area (TPSA) is 24.1 Å². The maximum atomic E-state index is 3.64. The third kappa shape index (κ3) is 3.58. The van der Waals surface area contributed by atoms with Gasteiger partial charge in [-0.1, -0.05) is 12.5 Å². The van der Waals surface area contributed by atoms with E-state index in [9.17, 15) is 0 Å². The van der Waals surface area contributed by atoms with Gasteiger partial charge in [0.15, 0.2) is 0 Å². The molecule has 1 unspecified atom stereocenters. The van der Waals surface area contributed by atoms with Crippen LogP contribution in [-0.4, -0.2) is 19.1 Å². The van der Waals surface area contributed by atoms with Crippen molar-refractivity contribution >= 4 is 0 Å². The Morgan fingerprint density at radius 1 is 1.11 bits per heavy atom. The molecule has 19 heavy (non-hydrogen) atoms. The molecule has 2 N–H and O–H groups in total. The van der Waals surface area contributed by atoms with Gasteiger partial charge in [0.2, 0.25) is 0 Å². The molecule has 0 spiro atoms. The highest BCUT2D eigenvalue weighted by Crippen LogP contribution is 2.21. The molecule has 106 valence electrons. The Morgan fingerprint density at radius 2 is 1.79 bits per heavy atom. The average molecular weight is 260 g/mol. The second-order valence-corrected chi connectivity index (χ2v) is 6.02. The van der Waals surface area contributed by atoms with Gasteiger partial charge in [0, 0.05) is 19.1 Å². The summed E-state index contributed by atoms with van der Waals surface area (Å²) in [6.45, 7) is 12.2. The molecule has 2 nitrogen and oxygen atoms in total. The summed E-state index contributed by atoms with van der Waals surface area (Å²) in [5, 5.41) is 7.24. The molecular weight excluding hydrogens is 232 g/mol. The van der Waals surface area contributed by atoms with Crippen molar-refractivity contribution in [3.05, 3.63) is 33.9 Å². The van der Waals surface area contributed by atoms with Gasteiger partial charge >= 0.3 is 0 Å². The lowest BCUT2D eigenvalue weighted by atomic mass is 9.94. The highest BCUT2D eigenvalue weighted by atomic mass is 15.0. The van der Waals surface area contributed by atoms with Crippen LogP contribution in [0.25, 0.3) is 0 Å². The minimum atomic E-state index is 0.667. The fraction of sp³-hybridized carbons (Fsp3) is 0.647. The highest BCUT2D eigenvalue weighted by Gasteiger charge is 2.13. The van der Waals surface area contributed by atoms with Gasteiger partial charge in [-0.15, -0.1) is 0 Å². The summed E-state index contributed by atoms with van der Waals surface area (Å²) in [6, 6.07) is 2.97. The molecule has 0 aromatic heterocycles. The summed E-state index contributed by atoms with van der Waals surface area (Å²) in [4.78, 5) is 0. The van der Waals surface area contributed by atoms with Crippen molar-refractivity contribution in [2.45, 2.75) is 59.5 Å². The Morgan fingerprint density at radius 3 is 2.37 bits per heavy atom. The molecule has 1 saturated heterocycles. The van der Waals surface area contributed by atoms with E-state index in [0.717, 1.165) is 13.1 Å². The second-order valence-electron chi connectivity index (χ2n) is 6.02. The molecule has 1 heterocycles. The van der Waals surface area contributed by atoms with Gasteiger partial charge in [0.1, 0.15) is 0 Å². The Kier molecular flexibility index (Phi) is 5.00. The second kappa shape index (κ2) is 6.53. The molecule has 1 aliphatic heterocycles. The summed E-state index contributed by atoms with van der Waals surface area (Å²) in [5.74, 6) is 0. The van der Waals surface area contributed by atoms with Gasteiger partial charge in [-0.05, 0) is 74.9 Å². The molecule has 1 aromatic carbocycles. The van der Waals surface area contributed by atoms with Crippen LogP contribution in [0.4, 0.5) is 0 Å².